The summed E-state index contributed by atoms with van der Waals surface area (Å²) in [5.74, 6) is 2.46. The lowest BCUT2D eigenvalue weighted by atomic mass is 10.1. The minimum atomic E-state index is 0.459. The molecule has 2 heterocycles. The molecule has 2 aromatic heterocycles. The van der Waals surface area contributed by atoms with Gasteiger partial charge < -0.3 is 8.83 Å². The Morgan fingerprint density at radius 2 is 1.00 bits per heavy atom. The molecule has 0 aliphatic carbocycles. The largest absolute Gasteiger partial charge is 0.411 e. The predicted molar refractivity (Wildman–Crippen MR) is 125 cm³/mol. The van der Waals surface area contributed by atoms with Crippen molar-refractivity contribution < 1.29 is 8.83 Å². The van der Waals surface area contributed by atoms with Gasteiger partial charge >= 0.3 is 0 Å². The number of aromatic nitrogens is 4. The van der Waals surface area contributed by atoms with E-state index in [1.54, 1.807) is 0 Å². The lowest BCUT2D eigenvalue weighted by Gasteiger charge is -1.99. The summed E-state index contributed by atoms with van der Waals surface area (Å²) in [6.45, 7) is 0. The van der Waals surface area contributed by atoms with E-state index in [0.29, 0.717) is 22.2 Å². The number of rotatable bonds is 8. The van der Waals surface area contributed by atoms with Gasteiger partial charge in [-0.2, -0.15) is 0 Å². The third-order valence-electron chi connectivity index (χ3n) is 4.58. The molecule has 0 saturated heterocycles. The first-order valence-corrected chi connectivity index (χ1v) is 11.9. The van der Waals surface area contributed by atoms with Crippen LogP contribution in [0.5, 0.6) is 0 Å². The average Bonchev–Trinajstić information content (AvgIpc) is 3.53. The highest BCUT2D eigenvalue weighted by Crippen LogP contribution is 2.30. The molecule has 0 unspecified atom stereocenters. The molecule has 0 spiro atoms. The molecule has 0 radical (unpaired) electrons. The van der Waals surface area contributed by atoms with Crippen LogP contribution < -0.4 is 0 Å². The van der Waals surface area contributed by atoms with Crippen LogP contribution in [-0.2, 0) is 11.5 Å². The summed E-state index contributed by atoms with van der Waals surface area (Å²) >= 11 is 3.03. The summed E-state index contributed by atoms with van der Waals surface area (Å²) < 4.78 is 11.7. The molecule has 0 saturated carbocycles. The van der Waals surface area contributed by atoms with E-state index >= 15 is 0 Å². The Labute approximate surface area is 193 Å². The van der Waals surface area contributed by atoms with Crippen LogP contribution in [0.4, 0.5) is 0 Å². The standard InChI is InChI=1S/C24H18N4O2S2/c1-3-8-17(9-4-1)15-31-23-27-25-21(29-23)19-12-7-13-20(14-19)22-26-28-24(30-22)32-16-18-10-5-2-6-11-18/h1-14H,15-16H2. The molecule has 0 fully saturated rings. The molecular formula is C24H18N4O2S2. The minimum absolute atomic E-state index is 0.459. The second-order valence-electron chi connectivity index (χ2n) is 6.88. The monoisotopic (exact) mass is 458 g/mol. The zero-order chi connectivity index (χ0) is 21.6. The molecule has 158 valence electrons. The van der Waals surface area contributed by atoms with Crippen LogP contribution in [0.2, 0.25) is 0 Å². The fraction of sp³-hybridized carbons (Fsp3) is 0.0833. The average molecular weight is 459 g/mol. The third kappa shape index (κ3) is 5.09. The lowest BCUT2D eigenvalue weighted by molar-refractivity contribution is 0.464. The van der Waals surface area contributed by atoms with Gasteiger partial charge in [-0.25, -0.2) is 0 Å². The Balaban J connectivity index is 1.26. The van der Waals surface area contributed by atoms with Crippen molar-refractivity contribution in [3.63, 3.8) is 0 Å². The van der Waals surface area contributed by atoms with Crippen LogP contribution in [-0.4, -0.2) is 20.4 Å². The maximum absolute atomic E-state index is 5.85. The van der Waals surface area contributed by atoms with Crippen molar-refractivity contribution >= 4 is 23.5 Å². The molecule has 0 N–H and O–H groups in total. The van der Waals surface area contributed by atoms with Crippen LogP contribution in [0, 0.1) is 0 Å². The zero-order valence-corrected chi connectivity index (χ0v) is 18.6. The third-order valence-corrected chi connectivity index (χ3v) is 6.36. The van der Waals surface area contributed by atoms with Gasteiger partial charge in [0.2, 0.25) is 11.8 Å². The Bertz CT molecular complexity index is 1190. The van der Waals surface area contributed by atoms with Crippen LogP contribution in [0.25, 0.3) is 22.9 Å². The van der Waals surface area contributed by atoms with E-state index in [0.717, 1.165) is 22.6 Å². The van der Waals surface area contributed by atoms with Crippen molar-refractivity contribution in [3.05, 3.63) is 96.1 Å². The predicted octanol–water partition coefficient (Wildman–Crippen LogP) is 6.37. The van der Waals surface area contributed by atoms with Crippen LogP contribution in [0.1, 0.15) is 11.1 Å². The summed E-state index contributed by atoms with van der Waals surface area (Å²) in [5, 5.41) is 17.8. The fourth-order valence-electron chi connectivity index (χ4n) is 2.99. The van der Waals surface area contributed by atoms with Gasteiger partial charge in [-0.1, -0.05) is 90.3 Å². The molecule has 0 atom stereocenters. The molecular weight excluding hydrogens is 440 g/mol. The van der Waals surface area contributed by atoms with Crippen molar-refractivity contribution in [2.24, 2.45) is 0 Å². The van der Waals surface area contributed by atoms with Crippen LogP contribution >= 0.6 is 23.5 Å². The summed E-state index contributed by atoms with van der Waals surface area (Å²) in [5.41, 5.74) is 4.02. The molecule has 32 heavy (non-hydrogen) atoms. The smallest absolute Gasteiger partial charge is 0.277 e. The van der Waals surface area contributed by atoms with Crippen LogP contribution in [0.3, 0.4) is 0 Å². The van der Waals surface area contributed by atoms with E-state index in [1.807, 2.05) is 60.7 Å². The second-order valence-corrected chi connectivity index (χ2v) is 8.73. The topological polar surface area (TPSA) is 77.8 Å². The van der Waals surface area contributed by atoms with E-state index in [9.17, 15) is 0 Å². The molecule has 6 nitrogen and oxygen atoms in total. The van der Waals surface area contributed by atoms with E-state index in [-0.39, 0.29) is 0 Å². The van der Waals surface area contributed by atoms with E-state index in [2.05, 4.69) is 44.7 Å². The molecule has 8 heteroatoms. The van der Waals surface area contributed by atoms with E-state index in [1.165, 1.54) is 34.7 Å². The number of thioether (sulfide) groups is 2. The zero-order valence-electron chi connectivity index (χ0n) is 16.9. The van der Waals surface area contributed by atoms with Gasteiger partial charge in [-0.15, -0.1) is 20.4 Å². The lowest BCUT2D eigenvalue weighted by Crippen LogP contribution is -1.82. The number of benzene rings is 3. The van der Waals surface area contributed by atoms with Gasteiger partial charge in [-0.3, -0.25) is 0 Å². The summed E-state index contributed by atoms with van der Waals surface area (Å²) in [7, 11) is 0. The van der Waals surface area contributed by atoms with Crippen molar-refractivity contribution in [2.45, 2.75) is 22.0 Å². The number of nitrogens with zero attached hydrogens (tertiary/aromatic N) is 4. The normalized spacial score (nSPS) is 11.0. The SMILES string of the molecule is c1ccc(CSc2nnc(-c3cccc(-c4nnc(SCc5ccccc5)o4)c3)o2)cc1. The highest BCUT2D eigenvalue weighted by molar-refractivity contribution is 7.98. The van der Waals surface area contributed by atoms with Crippen molar-refractivity contribution in [1.29, 1.82) is 0 Å². The summed E-state index contributed by atoms with van der Waals surface area (Å²) in [4.78, 5) is 0. The van der Waals surface area contributed by atoms with Gasteiger partial charge in [-0.05, 0) is 29.3 Å². The summed E-state index contributed by atoms with van der Waals surface area (Å²) in [6, 6.07) is 28.0. The molecule has 5 rings (SSSR count). The highest BCUT2D eigenvalue weighted by Gasteiger charge is 2.14. The Kier molecular flexibility index (Phi) is 6.32. The highest BCUT2D eigenvalue weighted by atomic mass is 32.2. The van der Waals surface area contributed by atoms with Crippen molar-refractivity contribution in [2.75, 3.05) is 0 Å². The number of hydrogen-bond donors (Lipinski definition) is 0. The fourth-order valence-corrected chi connectivity index (χ4v) is 4.43. The van der Waals surface area contributed by atoms with Crippen LogP contribution in [0.15, 0.2) is 104 Å². The first kappa shape index (κ1) is 20.5. The molecule has 5 aromatic rings. The van der Waals surface area contributed by atoms with Crippen molar-refractivity contribution in [3.8, 4) is 22.9 Å². The Morgan fingerprint density at radius 3 is 1.47 bits per heavy atom. The van der Waals surface area contributed by atoms with Gasteiger partial charge in [0.05, 0.1) is 0 Å². The van der Waals surface area contributed by atoms with Gasteiger partial charge in [0, 0.05) is 22.6 Å². The van der Waals surface area contributed by atoms with Gasteiger partial charge in [0.1, 0.15) is 0 Å². The van der Waals surface area contributed by atoms with E-state index in [4.69, 9.17) is 8.83 Å². The Hall–Kier alpha value is -3.36. The summed E-state index contributed by atoms with van der Waals surface area (Å²) in [6.07, 6.45) is 0. The number of hydrogen-bond acceptors (Lipinski definition) is 8. The van der Waals surface area contributed by atoms with Gasteiger partial charge in [0.15, 0.2) is 0 Å². The first-order chi connectivity index (χ1) is 15.8. The first-order valence-electron chi connectivity index (χ1n) is 9.95. The molecule has 0 aliphatic heterocycles. The molecule has 0 amide bonds. The quantitative estimate of drug-likeness (QED) is 0.248. The van der Waals surface area contributed by atoms with Gasteiger partial charge in [0.25, 0.3) is 10.4 Å². The van der Waals surface area contributed by atoms with Crippen molar-refractivity contribution in [1.82, 2.24) is 20.4 Å². The molecule has 3 aromatic carbocycles. The Morgan fingerprint density at radius 1 is 0.531 bits per heavy atom. The molecule has 0 bridgehead atoms. The van der Waals surface area contributed by atoms with E-state index < -0.39 is 0 Å². The molecule has 0 aliphatic rings. The maximum Gasteiger partial charge on any atom is 0.277 e. The maximum atomic E-state index is 5.85. The second kappa shape index (κ2) is 9.84. The minimum Gasteiger partial charge on any atom is -0.411 e.